The van der Waals surface area contributed by atoms with Crippen molar-refractivity contribution in [3.8, 4) is 0 Å². The van der Waals surface area contributed by atoms with Crippen LogP contribution in [-0.4, -0.2) is 25.0 Å². The molecule has 0 heterocycles. The number of amides is 1. The average Bonchev–Trinajstić information content (AvgIpc) is 2.57. The number of methoxy groups -OCH3 is 1. The minimum atomic E-state index is -0.573. The van der Waals surface area contributed by atoms with Crippen LogP contribution in [0.5, 0.6) is 0 Å². The fraction of sp³-hybridized carbons (Fsp3) is 0.556. The molecule has 2 rings (SSSR count). The molecule has 1 N–H and O–H groups in total. The predicted octanol–water partition coefficient (Wildman–Crippen LogP) is 2.81. The van der Waals surface area contributed by atoms with Crippen molar-refractivity contribution < 1.29 is 14.3 Å². The normalized spacial score (nSPS) is 19.7. The second-order valence-corrected chi connectivity index (χ2v) is 6.04. The summed E-state index contributed by atoms with van der Waals surface area (Å²) in [5.74, 6) is -0.550. The lowest BCUT2D eigenvalue weighted by Crippen LogP contribution is -2.47. The Balaban J connectivity index is 2.16. The first kappa shape index (κ1) is 16.5. The molecule has 0 radical (unpaired) electrons. The molecule has 2 unspecified atom stereocenters. The third-order valence-electron chi connectivity index (χ3n) is 4.65. The van der Waals surface area contributed by atoms with Crippen LogP contribution in [0.25, 0.3) is 0 Å². The lowest BCUT2D eigenvalue weighted by molar-refractivity contribution is -0.146. The third-order valence-corrected chi connectivity index (χ3v) is 4.65. The van der Waals surface area contributed by atoms with Crippen LogP contribution in [0.3, 0.4) is 0 Å². The topological polar surface area (TPSA) is 55.4 Å². The number of hydrogen-bond acceptors (Lipinski definition) is 3. The molecular weight excluding hydrogens is 278 g/mol. The highest BCUT2D eigenvalue weighted by atomic mass is 16.5. The van der Waals surface area contributed by atoms with Gasteiger partial charge >= 0.3 is 5.97 Å². The first-order valence-electron chi connectivity index (χ1n) is 8.04. The Morgan fingerprint density at radius 2 is 2.09 bits per heavy atom. The predicted molar refractivity (Wildman–Crippen MR) is 85.5 cm³/mol. The summed E-state index contributed by atoms with van der Waals surface area (Å²) >= 11 is 0. The Hall–Kier alpha value is -1.84. The zero-order valence-electron chi connectivity index (χ0n) is 13.6. The molecule has 3 atom stereocenters. The average molecular weight is 303 g/mol. The van der Waals surface area contributed by atoms with Gasteiger partial charge in [0.1, 0.15) is 6.04 Å². The second kappa shape index (κ2) is 7.43. The monoisotopic (exact) mass is 303 g/mol. The summed E-state index contributed by atoms with van der Waals surface area (Å²) in [5, 5.41) is 2.92. The number of fused-ring (bicyclic) bond motifs is 1. The van der Waals surface area contributed by atoms with E-state index in [9.17, 15) is 9.59 Å². The summed E-state index contributed by atoms with van der Waals surface area (Å²) in [4.78, 5) is 24.6. The fourth-order valence-corrected chi connectivity index (χ4v) is 3.08. The van der Waals surface area contributed by atoms with E-state index in [2.05, 4.69) is 11.4 Å². The summed E-state index contributed by atoms with van der Waals surface area (Å²) in [6.07, 6.45) is 3.66. The summed E-state index contributed by atoms with van der Waals surface area (Å²) in [5.41, 5.74) is 2.34. The van der Waals surface area contributed by atoms with Gasteiger partial charge in [0.2, 0.25) is 5.91 Å². The van der Waals surface area contributed by atoms with Crippen LogP contribution in [0.1, 0.15) is 50.2 Å². The SMILES string of the molecule is CCC(C)[C@H](NC(=O)C1CCCc2ccccc21)C(=O)OC. The number of ether oxygens (including phenoxy) is 1. The maximum Gasteiger partial charge on any atom is 0.328 e. The van der Waals surface area contributed by atoms with Gasteiger partial charge in [-0.05, 0) is 36.3 Å². The molecule has 1 amide bonds. The molecule has 0 spiro atoms. The van der Waals surface area contributed by atoms with Gasteiger partial charge in [-0.3, -0.25) is 4.79 Å². The summed E-state index contributed by atoms with van der Waals surface area (Å²) in [6.45, 7) is 3.96. The molecule has 1 aliphatic carbocycles. The molecule has 4 heteroatoms. The highest BCUT2D eigenvalue weighted by Crippen LogP contribution is 2.31. The van der Waals surface area contributed by atoms with Crippen LogP contribution in [0.4, 0.5) is 0 Å². The number of rotatable bonds is 5. The smallest absolute Gasteiger partial charge is 0.328 e. The lowest BCUT2D eigenvalue weighted by atomic mass is 9.82. The van der Waals surface area contributed by atoms with Gasteiger partial charge in [-0.1, -0.05) is 44.5 Å². The van der Waals surface area contributed by atoms with Crippen LogP contribution >= 0.6 is 0 Å². The molecule has 1 aromatic rings. The maximum atomic E-state index is 12.7. The molecule has 120 valence electrons. The second-order valence-electron chi connectivity index (χ2n) is 6.04. The summed E-state index contributed by atoms with van der Waals surface area (Å²) in [6, 6.07) is 7.51. The third kappa shape index (κ3) is 3.49. The number of carbonyl (C=O) groups excluding carboxylic acids is 2. The van der Waals surface area contributed by atoms with Crippen molar-refractivity contribution in [3.63, 3.8) is 0 Å². The van der Waals surface area contributed by atoms with Gasteiger partial charge in [-0.15, -0.1) is 0 Å². The largest absolute Gasteiger partial charge is 0.467 e. The Bertz CT molecular complexity index is 541. The molecule has 0 fully saturated rings. The lowest BCUT2D eigenvalue weighted by Gasteiger charge is -2.28. The van der Waals surface area contributed by atoms with Crippen molar-refractivity contribution in [2.24, 2.45) is 5.92 Å². The number of nitrogens with one attached hydrogen (secondary N) is 1. The molecule has 4 nitrogen and oxygen atoms in total. The van der Waals surface area contributed by atoms with Crippen LogP contribution < -0.4 is 5.32 Å². The van der Waals surface area contributed by atoms with Gasteiger partial charge in [0.05, 0.1) is 13.0 Å². The Labute approximate surface area is 132 Å². The zero-order valence-corrected chi connectivity index (χ0v) is 13.6. The fourth-order valence-electron chi connectivity index (χ4n) is 3.08. The number of benzene rings is 1. The molecule has 0 saturated carbocycles. The maximum absolute atomic E-state index is 12.7. The first-order chi connectivity index (χ1) is 10.6. The quantitative estimate of drug-likeness (QED) is 0.851. The minimum Gasteiger partial charge on any atom is -0.467 e. The van der Waals surface area contributed by atoms with Crippen molar-refractivity contribution in [2.45, 2.75) is 51.5 Å². The number of esters is 1. The van der Waals surface area contributed by atoms with Gasteiger partial charge in [0.15, 0.2) is 0 Å². The number of carbonyl (C=O) groups is 2. The van der Waals surface area contributed by atoms with Crippen molar-refractivity contribution in [3.05, 3.63) is 35.4 Å². The Morgan fingerprint density at radius 3 is 2.77 bits per heavy atom. The minimum absolute atomic E-state index is 0.0511. The van der Waals surface area contributed by atoms with E-state index in [0.717, 1.165) is 31.2 Å². The molecule has 1 aromatic carbocycles. The van der Waals surface area contributed by atoms with Crippen molar-refractivity contribution >= 4 is 11.9 Å². The van der Waals surface area contributed by atoms with Crippen LogP contribution in [-0.2, 0) is 20.7 Å². The molecular formula is C18H25NO3. The standard InChI is InChI=1S/C18H25NO3/c1-4-12(2)16(18(21)22-3)19-17(20)15-11-7-9-13-8-5-6-10-14(13)15/h5-6,8,10,12,15-16H,4,7,9,11H2,1-3H3,(H,19,20)/t12?,15?,16-/m0/s1. The van der Waals surface area contributed by atoms with E-state index in [-0.39, 0.29) is 23.7 Å². The van der Waals surface area contributed by atoms with E-state index in [1.165, 1.54) is 12.7 Å². The molecule has 22 heavy (non-hydrogen) atoms. The van der Waals surface area contributed by atoms with Gasteiger partial charge in [0.25, 0.3) is 0 Å². The Kier molecular flexibility index (Phi) is 5.58. The molecule has 0 bridgehead atoms. The molecule has 0 saturated heterocycles. The van der Waals surface area contributed by atoms with E-state index in [4.69, 9.17) is 4.74 Å². The van der Waals surface area contributed by atoms with Gasteiger partial charge in [-0.25, -0.2) is 4.79 Å². The molecule has 0 aromatic heterocycles. The van der Waals surface area contributed by atoms with E-state index in [0.29, 0.717) is 0 Å². The van der Waals surface area contributed by atoms with E-state index in [1.807, 2.05) is 32.0 Å². The van der Waals surface area contributed by atoms with Crippen LogP contribution in [0, 0.1) is 5.92 Å². The van der Waals surface area contributed by atoms with Gasteiger partial charge < -0.3 is 10.1 Å². The van der Waals surface area contributed by atoms with Gasteiger partial charge in [0, 0.05) is 0 Å². The summed E-state index contributed by atoms with van der Waals surface area (Å²) < 4.78 is 4.84. The first-order valence-corrected chi connectivity index (χ1v) is 8.04. The highest BCUT2D eigenvalue weighted by Gasteiger charge is 2.32. The van der Waals surface area contributed by atoms with E-state index < -0.39 is 6.04 Å². The van der Waals surface area contributed by atoms with E-state index in [1.54, 1.807) is 0 Å². The zero-order chi connectivity index (χ0) is 16.1. The van der Waals surface area contributed by atoms with Crippen LogP contribution in [0.15, 0.2) is 24.3 Å². The Morgan fingerprint density at radius 1 is 1.36 bits per heavy atom. The number of hydrogen-bond donors (Lipinski definition) is 1. The van der Waals surface area contributed by atoms with Crippen molar-refractivity contribution in [1.29, 1.82) is 0 Å². The highest BCUT2D eigenvalue weighted by molar-refractivity contribution is 5.89. The van der Waals surface area contributed by atoms with Gasteiger partial charge in [-0.2, -0.15) is 0 Å². The molecule has 0 aliphatic heterocycles. The molecule has 1 aliphatic rings. The summed E-state index contributed by atoms with van der Waals surface area (Å²) in [7, 11) is 1.36. The van der Waals surface area contributed by atoms with Crippen molar-refractivity contribution in [1.82, 2.24) is 5.32 Å². The van der Waals surface area contributed by atoms with Crippen LogP contribution in [0.2, 0.25) is 0 Å². The number of aryl methyl sites for hydroxylation is 1. The van der Waals surface area contributed by atoms with Crippen molar-refractivity contribution in [2.75, 3.05) is 7.11 Å². The van der Waals surface area contributed by atoms with E-state index >= 15 is 0 Å².